The van der Waals surface area contributed by atoms with Crippen molar-refractivity contribution in [2.75, 3.05) is 18.5 Å². The van der Waals surface area contributed by atoms with Crippen molar-refractivity contribution in [3.8, 4) is 0 Å². The number of rotatable bonds is 10. The number of primary amides is 1. The molecule has 0 bridgehead atoms. The molecule has 3 N–H and O–H groups in total. The molecule has 9 heteroatoms. The zero-order chi connectivity index (χ0) is 23.9. The molecule has 0 aliphatic carbocycles. The number of nitrogens with two attached hydrogens (primary N) is 1. The zero-order valence-corrected chi connectivity index (χ0v) is 18.9. The van der Waals surface area contributed by atoms with E-state index in [1.165, 1.54) is 6.20 Å². The first-order valence-electron chi connectivity index (χ1n) is 11.1. The Kier molecular flexibility index (Phi) is 7.24. The third-order valence-corrected chi connectivity index (χ3v) is 5.44. The molecule has 0 radical (unpaired) electrons. The van der Waals surface area contributed by atoms with Gasteiger partial charge < -0.3 is 15.8 Å². The highest BCUT2D eigenvalue weighted by Crippen LogP contribution is 2.26. The molecule has 4 aromatic rings. The number of nitrogens with one attached hydrogen (secondary N) is 1. The summed E-state index contributed by atoms with van der Waals surface area (Å²) in [5, 5.41) is 12.5. The monoisotopic (exact) mass is 458 g/mol. The minimum absolute atomic E-state index is 0.0217. The third kappa shape index (κ3) is 5.10. The summed E-state index contributed by atoms with van der Waals surface area (Å²) >= 11 is 0. The average molecular weight is 459 g/mol. The molecule has 0 fully saturated rings. The highest BCUT2D eigenvalue weighted by molar-refractivity contribution is 6.15. The van der Waals surface area contributed by atoms with E-state index in [-0.39, 0.29) is 11.6 Å². The first kappa shape index (κ1) is 23.1. The van der Waals surface area contributed by atoms with Crippen molar-refractivity contribution in [1.82, 2.24) is 20.0 Å². The summed E-state index contributed by atoms with van der Waals surface area (Å²) in [7, 11) is 0. The van der Waals surface area contributed by atoms with E-state index in [9.17, 15) is 9.59 Å². The number of fused-ring (bicyclic) bond motifs is 1. The fourth-order valence-corrected chi connectivity index (χ4v) is 3.83. The van der Waals surface area contributed by atoms with Crippen molar-refractivity contribution in [3.05, 3.63) is 83.4 Å². The molecule has 0 aliphatic heterocycles. The van der Waals surface area contributed by atoms with Crippen LogP contribution in [0, 0.1) is 0 Å². The number of amides is 2. The van der Waals surface area contributed by atoms with Crippen molar-refractivity contribution in [3.63, 3.8) is 0 Å². The number of carbonyl (C=O) groups is 2. The molecule has 0 atom stereocenters. The molecule has 174 valence electrons. The van der Waals surface area contributed by atoms with E-state index in [1.807, 2.05) is 37.3 Å². The summed E-state index contributed by atoms with van der Waals surface area (Å²) in [5.41, 5.74) is 8.11. The number of pyridine rings is 1. The van der Waals surface area contributed by atoms with Crippen LogP contribution in [0.5, 0.6) is 0 Å². The SMILES string of the molecule is CCCOCCc1ccnc(C(N)=O)c1NC(=O)c1ccc(Cn2ccnn2)c2ccccc12. The molecule has 0 aliphatic rings. The molecule has 2 aromatic carbocycles. The van der Waals surface area contributed by atoms with Gasteiger partial charge in [-0.3, -0.25) is 9.59 Å². The standard InChI is InChI=1S/C25H26N6O3/c1-2-14-34-15-10-17-9-11-27-23(24(26)32)22(17)29-25(33)21-8-7-18(16-31-13-12-28-30-31)19-5-3-4-6-20(19)21/h3-9,11-13H,2,10,14-16H2,1H3,(H2,26,32)(H,29,33). The predicted octanol–water partition coefficient (Wildman–Crippen LogP) is 3.19. The minimum Gasteiger partial charge on any atom is -0.381 e. The van der Waals surface area contributed by atoms with Gasteiger partial charge in [0.15, 0.2) is 5.69 Å². The van der Waals surface area contributed by atoms with Crippen LogP contribution < -0.4 is 11.1 Å². The van der Waals surface area contributed by atoms with Crippen molar-refractivity contribution in [1.29, 1.82) is 0 Å². The molecular formula is C25H26N6O3. The second-order valence-corrected chi connectivity index (χ2v) is 7.79. The quantitative estimate of drug-likeness (QED) is 0.352. The second kappa shape index (κ2) is 10.7. The zero-order valence-electron chi connectivity index (χ0n) is 18.9. The van der Waals surface area contributed by atoms with Gasteiger partial charge in [-0.25, -0.2) is 9.67 Å². The van der Waals surface area contributed by atoms with Crippen LogP contribution in [0.15, 0.2) is 61.1 Å². The number of ether oxygens (including phenoxy) is 1. The maximum absolute atomic E-state index is 13.4. The first-order chi connectivity index (χ1) is 16.6. The van der Waals surface area contributed by atoms with Crippen LogP contribution in [0.3, 0.4) is 0 Å². The van der Waals surface area contributed by atoms with Gasteiger partial charge in [0.2, 0.25) is 0 Å². The van der Waals surface area contributed by atoms with Gasteiger partial charge in [-0.2, -0.15) is 0 Å². The number of benzene rings is 2. The van der Waals surface area contributed by atoms with Crippen LogP contribution in [-0.4, -0.2) is 45.0 Å². The van der Waals surface area contributed by atoms with Crippen LogP contribution >= 0.6 is 0 Å². The van der Waals surface area contributed by atoms with Gasteiger partial charge in [0, 0.05) is 24.6 Å². The first-order valence-corrected chi connectivity index (χ1v) is 11.1. The Hall–Kier alpha value is -4.11. The van der Waals surface area contributed by atoms with Crippen LogP contribution in [0.1, 0.15) is 45.3 Å². The number of anilines is 1. The molecule has 0 saturated carbocycles. The number of aromatic nitrogens is 4. The van der Waals surface area contributed by atoms with Crippen molar-refractivity contribution in [2.45, 2.75) is 26.3 Å². The van der Waals surface area contributed by atoms with E-state index < -0.39 is 5.91 Å². The number of nitrogens with zero attached hydrogens (tertiary/aromatic N) is 4. The second-order valence-electron chi connectivity index (χ2n) is 7.79. The molecule has 0 unspecified atom stereocenters. The molecule has 9 nitrogen and oxygen atoms in total. The molecule has 2 heterocycles. The lowest BCUT2D eigenvalue weighted by Gasteiger charge is -2.16. The summed E-state index contributed by atoms with van der Waals surface area (Å²) in [4.78, 5) is 29.6. The summed E-state index contributed by atoms with van der Waals surface area (Å²) in [6, 6.07) is 13.1. The maximum atomic E-state index is 13.4. The number of hydrogen-bond donors (Lipinski definition) is 2. The van der Waals surface area contributed by atoms with Gasteiger partial charge in [-0.15, -0.1) is 5.10 Å². The largest absolute Gasteiger partial charge is 0.381 e. The molecule has 4 rings (SSSR count). The van der Waals surface area contributed by atoms with Crippen molar-refractivity contribution in [2.24, 2.45) is 5.73 Å². The smallest absolute Gasteiger partial charge is 0.269 e. The molecule has 34 heavy (non-hydrogen) atoms. The van der Waals surface area contributed by atoms with Crippen LogP contribution in [-0.2, 0) is 17.7 Å². The summed E-state index contributed by atoms with van der Waals surface area (Å²) in [5.74, 6) is -1.06. The van der Waals surface area contributed by atoms with Crippen LogP contribution in [0.4, 0.5) is 5.69 Å². The van der Waals surface area contributed by atoms with Gasteiger partial charge in [0.05, 0.1) is 25.0 Å². The molecule has 0 spiro atoms. The van der Waals surface area contributed by atoms with E-state index in [1.54, 1.807) is 29.2 Å². The Balaban J connectivity index is 1.66. The lowest BCUT2D eigenvalue weighted by atomic mass is 9.98. The fraction of sp³-hybridized carbons (Fsp3) is 0.240. The maximum Gasteiger partial charge on any atom is 0.269 e. The lowest BCUT2D eigenvalue weighted by Crippen LogP contribution is -2.21. The van der Waals surface area contributed by atoms with E-state index in [2.05, 4.69) is 20.6 Å². The highest BCUT2D eigenvalue weighted by atomic mass is 16.5. The highest BCUT2D eigenvalue weighted by Gasteiger charge is 2.19. The van der Waals surface area contributed by atoms with E-state index >= 15 is 0 Å². The Bertz CT molecular complexity index is 1300. The Morgan fingerprint density at radius 3 is 2.59 bits per heavy atom. The van der Waals surface area contributed by atoms with Crippen molar-refractivity contribution < 1.29 is 14.3 Å². The van der Waals surface area contributed by atoms with Gasteiger partial charge in [-0.05, 0) is 46.9 Å². The van der Waals surface area contributed by atoms with Gasteiger partial charge in [0.25, 0.3) is 11.8 Å². The number of carbonyl (C=O) groups excluding carboxylic acids is 2. The molecule has 0 saturated heterocycles. The lowest BCUT2D eigenvalue weighted by molar-refractivity contribution is 0.0996. The summed E-state index contributed by atoms with van der Waals surface area (Å²) < 4.78 is 7.31. The number of hydrogen-bond acceptors (Lipinski definition) is 6. The van der Waals surface area contributed by atoms with E-state index in [0.717, 1.165) is 28.3 Å². The van der Waals surface area contributed by atoms with Crippen molar-refractivity contribution >= 4 is 28.3 Å². The van der Waals surface area contributed by atoms with Gasteiger partial charge in [0.1, 0.15) is 0 Å². The van der Waals surface area contributed by atoms with Crippen LogP contribution in [0.2, 0.25) is 0 Å². The Morgan fingerprint density at radius 1 is 1.03 bits per heavy atom. The summed E-state index contributed by atoms with van der Waals surface area (Å²) in [6.45, 7) is 3.66. The van der Waals surface area contributed by atoms with Crippen LogP contribution in [0.25, 0.3) is 10.8 Å². The van der Waals surface area contributed by atoms with E-state index in [0.29, 0.717) is 37.4 Å². The topological polar surface area (TPSA) is 125 Å². The fourth-order valence-electron chi connectivity index (χ4n) is 3.83. The van der Waals surface area contributed by atoms with Gasteiger partial charge >= 0.3 is 0 Å². The summed E-state index contributed by atoms with van der Waals surface area (Å²) in [6.07, 6.45) is 6.34. The predicted molar refractivity (Wildman–Crippen MR) is 129 cm³/mol. The Labute approximate surface area is 196 Å². The minimum atomic E-state index is -0.709. The molecule has 2 aromatic heterocycles. The molecular weight excluding hydrogens is 432 g/mol. The molecule has 2 amide bonds. The van der Waals surface area contributed by atoms with E-state index in [4.69, 9.17) is 10.5 Å². The normalized spacial score (nSPS) is 11.0. The third-order valence-electron chi connectivity index (χ3n) is 5.44. The average Bonchev–Trinajstić information content (AvgIpc) is 3.36. The van der Waals surface area contributed by atoms with Gasteiger partial charge in [-0.1, -0.05) is 42.5 Å². The Morgan fingerprint density at radius 2 is 1.85 bits per heavy atom.